The van der Waals surface area contributed by atoms with Gasteiger partial charge in [-0.1, -0.05) is 11.6 Å². The molecule has 1 amide bonds. The third kappa shape index (κ3) is 5.01. The number of rotatable bonds is 5. The van der Waals surface area contributed by atoms with Gasteiger partial charge in [-0.2, -0.15) is 0 Å². The number of hydrogen-bond donors (Lipinski definition) is 2. The molecule has 2 aromatic rings. The molecule has 2 rings (SSSR count). The van der Waals surface area contributed by atoms with E-state index in [0.29, 0.717) is 10.7 Å². The topological polar surface area (TPSA) is 116 Å². The van der Waals surface area contributed by atoms with Crippen molar-refractivity contribution in [1.82, 2.24) is 0 Å². The lowest BCUT2D eigenvalue weighted by Gasteiger charge is -2.14. The molecule has 0 saturated carbocycles. The minimum Gasteiger partial charge on any atom is -0.449 e. The van der Waals surface area contributed by atoms with Gasteiger partial charge in [-0.05, 0) is 49.4 Å². The Labute approximate surface area is 154 Å². The van der Waals surface area contributed by atoms with E-state index in [1.165, 1.54) is 6.92 Å². The van der Waals surface area contributed by atoms with Gasteiger partial charge in [0.1, 0.15) is 5.82 Å². The Hall–Kier alpha value is -2.49. The summed E-state index contributed by atoms with van der Waals surface area (Å²) in [5.41, 5.74) is -0.229. The fourth-order valence-electron chi connectivity index (χ4n) is 1.89. The van der Waals surface area contributed by atoms with Crippen LogP contribution in [0.25, 0.3) is 0 Å². The van der Waals surface area contributed by atoms with Crippen molar-refractivity contribution in [3.05, 3.63) is 58.9 Å². The Morgan fingerprint density at radius 1 is 1.19 bits per heavy atom. The number of hydrogen-bond acceptors (Lipinski definition) is 5. The number of nitrogens with two attached hydrogens (primary N) is 1. The van der Waals surface area contributed by atoms with E-state index in [9.17, 15) is 22.4 Å². The smallest absolute Gasteiger partial charge is 0.341 e. The number of esters is 1. The molecule has 138 valence electrons. The van der Waals surface area contributed by atoms with E-state index in [4.69, 9.17) is 21.5 Å². The van der Waals surface area contributed by atoms with Crippen molar-refractivity contribution in [2.75, 3.05) is 5.32 Å². The molecule has 0 fully saturated rings. The number of halogens is 2. The molecule has 26 heavy (non-hydrogen) atoms. The van der Waals surface area contributed by atoms with Crippen molar-refractivity contribution in [3.8, 4) is 0 Å². The summed E-state index contributed by atoms with van der Waals surface area (Å²) in [6.45, 7) is 1.28. The summed E-state index contributed by atoms with van der Waals surface area (Å²) < 4.78 is 41.3. The first-order valence-corrected chi connectivity index (χ1v) is 9.10. The molecule has 10 heteroatoms. The lowest BCUT2D eigenvalue weighted by atomic mass is 10.2. The maximum Gasteiger partial charge on any atom is 0.341 e. The average Bonchev–Trinajstić information content (AvgIpc) is 2.56. The van der Waals surface area contributed by atoms with Crippen molar-refractivity contribution >= 4 is 39.2 Å². The van der Waals surface area contributed by atoms with Crippen LogP contribution in [0, 0.1) is 5.82 Å². The van der Waals surface area contributed by atoms with Gasteiger partial charge in [0.15, 0.2) is 6.10 Å². The van der Waals surface area contributed by atoms with Crippen LogP contribution in [-0.4, -0.2) is 26.4 Å². The van der Waals surface area contributed by atoms with Crippen molar-refractivity contribution in [2.45, 2.75) is 17.9 Å². The Morgan fingerprint density at radius 2 is 1.81 bits per heavy atom. The molecule has 2 aromatic carbocycles. The van der Waals surface area contributed by atoms with E-state index in [0.717, 1.165) is 18.2 Å². The van der Waals surface area contributed by atoms with Crippen molar-refractivity contribution < 1.29 is 27.1 Å². The molecule has 1 atom stereocenters. The summed E-state index contributed by atoms with van der Waals surface area (Å²) in [6.07, 6.45) is -1.27. The molecule has 0 unspecified atom stereocenters. The number of carbonyl (C=O) groups is 2. The molecule has 0 aromatic heterocycles. The van der Waals surface area contributed by atoms with Crippen LogP contribution in [0.2, 0.25) is 5.02 Å². The number of carbonyl (C=O) groups excluding carboxylic acids is 2. The first-order valence-electron chi connectivity index (χ1n) is 7.17. The third-order valence-corrected chi connectivity index (χ3v) is 4.41. The summed E-state index contributed by atoms with van der Waals surface area (Å²) in [7, 11) is -4.13. The fourth-order valence-corrected chi connectivity index (χ4v) is 2.56. The number of anilines is 1. The second-order valence-electron chi connectivity index (χ2n) is 5.23. The van der Waals surface area contributed by atoms with Gasteiger partial charge < -0.3 is 10.1 Å². The first-order chi connectivity index (χ1) is 12.1. The number of sulfonamides is 1. The van der Waals surface area contributed by atoms with Crippen LogP contribution in [0.15, 0.2) is 47.4 Å². The Kier molecular flexibility index (Phi) is 5.96. The zero-order chi connectivity index (χ0) is 19.5. The molecule has 0 spiro atoms. The predicted octanol–water partition coefficient (Wildman–Crippen LogP) is 2.31. The Morgan fingerprint density at radius 3 is 2.38 bits per heavy atom. The van der Waals surface area contributed by atoms with Gasteiger partial charge in [0, 0.05) is 10.7 Å². The van der Waals surface area contributed by atoms with Crippen molar-refractivity contribution in [3.63, 3.8) is 0 Å². The standard InChI is InChI=1S/C16H14ClFN2O5S/c1-9(15(21)20-11-4-2-10(17)3-5-11)25-16(22)13-8-12(26(19,23)24)6-7-14(13)18/h2-9H,1H3,(H,20,21)(H2,19,23,24)/t9-/m1/s1. The third-order valence-electron chi connectivity index (χ3n) is 3.25. The van der Waals surface area contributed by atoms with Crippen LogP contribution < -0.4 is 10.5 Å². The molecule has 0 bridgehead atoms. The molecule has 0 aliphatic carbocycles. The van der Waals surface area contributed by atoms with Gasteiger partial charge in [-0.3, -0.25) is 4.79 Å². The van der Waals surface area contributed by atoms with Crippen LogP contribution in [0.3, 0.4) is 0 Å². The second-order valence-corrected chi connectivity index (χ2v) is 7.23. The first kappa shape index (κ1) is 19.8. The van der Waals surface area contributed by atoms with Gasteiger partial charge >= 0.3 is 5.97 Å². The van der Waals surface area contributed by atoms with Crippen LogP contribution >= 0.6 is 11.6 Å². The molecule has 0 radical (unpaired) electrons. The highest BCUT2D eigenvalue weighted by Gasteiger charge is 2.23. The molecule has 3 N–H and O–H groups in total. The van der Waals surface area contributed by atoms with Gasteiger partial charge in [-0.15, -0.1) is 0 Å². The summed E-state index contributed by atoms with van der Waals surface area (Å²) >= 11 is 5.74. The maximum atomic E-state index is 13.8. The molecule has 0 aliphatic rings. The van der Waals surface area contributed by atoms with E-state index in [-0.39, 0.29) is 0 Å². The zero-order valence-electron chi connectivity index (χ0n) is 13.4. The van der Waals surface area contributed by atoms with Crippen molar-refractivity contribution in [2.24, 2.45) is 5.14 Å². The van der Waals surface area contributed by atoms with E-state index < -0.39 is 44.3 Å². The maximum absolute atomic E-state index is 13.8. The van der Waals surface area contributed by atoms with Gasteiger partial charge in [0.25, 0.3) is 5.91 Å². The van der Waals surface area contributed by atoms with E-state index in [2.05, 4.69) is 5.32 Å². The molecule has 0 heterocycles. The van der Waals surface area contributed by atoms with Crippen LogP contribution in [0.1, 0.15) is 17.3 Å². The zero-order valence-corrected chi connectivity index (χ0v) is 15.0. The molecule has 0 aliphatic heterocycles. The van der Waals surface area contributed by atoms with Gasteiger partial charge in [0.2, 0.25) is 10.0 Å². The molecular weight excluding hydrogens is 387 g/mol. The summed E-state index contributed by atoms with van der Waals surface area (Å²) in [4.78, 5) is 23.7. The minimum absolute atomic E-state index is 0.421. The van der Waals surface area contributed by atoms with Gasteiger partial charge in [-0.25, -0.2) is 22.7 Å². The number of primary sulfonamides is 1. The highest BCUT2D eigenvalue weighted by Crippen LogP contribution is 2.17. The Bertz CT molecular complexity index is 948. The second kappa shape index (κ2) is 7.81. The highest BCUT2D eigenvalue weighted by molar-refractivity contribution is 7.89. The van der Waals surface area contributed by atoms with E-state index in [1.807, 2.05) is 0 Å². The van der Waals surface area contributed by atoms with E-state index >= 15 is 0 Å². The lowest BCUT2D eigenvalue weighted by molar-refractivity contribution is -0.123. The normalized spacial score (nSPS) is 12.3. The average molecular weight is 401 g/mol. The fraction of sp³-hybridized carbons (Fsp3) is 0.125. The monoisotopic (exact) mass is 400 g/mol. The Balaban J connectivity index is 2.11. The summed E-state index contributed by atoms with van der Waals surface area (Å²) in [5, 5.41) is 7.92. The summed E-state index contributed by atoms with van der Waals surface area (Å²) in [5.74, 6) is -2.87. The van der Waals surface area contributed by atoms with E-state index in [1.54, 1.807) is 24.3 Å². The van der Waals surface area contributed by atoms with Crippen LogP contribution in [0.5, 0.6) is 0 Å². The quantitative estimate of drug-likeness (QED) is 0.747. The molecule has 0 saturated heterocycles. The number of benzene rings is 2. The number of nitrogens with one attached hydrogen (secondary N) is 1. The lowest BCUT2D eigenvalue weighted by Crippen LogP contribution is -2.30. The molecule has 7 nitrogen and oxygen atoms in total. The number of ether oxygens (including phenoxy) is 1. The SMILES string of the molecule is C[C@@H](OC(=O)c1cc(S(N)(=O)=O)ccc1F)C(=O)Nc1ccc(Cl)cc1. The molecular formula is C16H14ClFN2O5S. The van der Waals surface area contributed by atoms with Crippen LogP contribution in [0.4, 0.5) is 10.1 Å². The highest BCUT2D eigenvalue weighted by atomic mass is 35.5. The largest absolute Gasteiger partial charge is 0.449 e. The predicted molar refractivity (Wildman–Crippen MR) is 92.7 cm³/mol. The van der Waals surface area contributed by atoms with Crippen LogP contribution in [-0.2, 0) is 19.6 Å². The number of amides is 1. The summed E-state index contributed by atoms with van der Waals surface area (Å²) in [6, 6.07) is 8.64. The van der Waals surface area contributed by atoms with Crippen molar-refractivity contribution in [1.29, 1.82) is 0 Å². The van der Waals surface area contributed by atoms with Gasteiger partial charge in [0.05, 0.1) is 10.5 Å². The minimum atomic E-state index is -4.13.